The van der Waals surface area contributed by atoms with Crippen LogP contribution in [0.1, 0.15) is 61.3 Å². The smallest absolute Gasteiger partial charge is 0.165 e. The fraction of sp³-hybridized carbons (Fsp3) is 0.364. The molecule has 4 heteroatoms. The first kappa shape index (κ1) is 19.2. The summed E-state index contributed by atoms with van der Waals surface area (Å²) in [5.74, 6) is 0.522. The lowest BCUT2D eigenvalue weighted by molar-refractivity contribution is 0.0919. The molecule has 0 saturated heterocycles. The molecule has 136 valence electrons. The number of Topliss-reactive ketones (excluding diaryl/α,β-unsaturated/α-hetero) is 2. The van der Waals surface area contributed by atoms with Gasteiger partial charge in [-0.05, 0) is 37.1 Å². The second-order valence-electron chi connectivity index (χ2n) is 6.87. The van der Waals surface area contributed by atoms with Gasteiger partial charge >= 0.3 is 0 Å². The molecule has 0 spiro atoms. The first-order valence-electron chi connectivity index (χ1n) is 9.16. The Balaban J connectivity index is 1.88. The third kappa shape index (κ3) is 3.77. The molecule has 1 aliphatic rings. The van der Waals surface area contributed by atoms with Gasteiger partial charge in [0.05, 0.1) is 0 Å². The van der Waals surface area contributed by atoms with Crippen LogP contribution >= 0.6 is 23.5 Å². The standard InChI is InChI=1S/C22H24O2S2/c1-5-13(3)21(23)15-7-9-17-19(11-15)25-18-10-8-16(12-20(18)26-17)22(24)14(4)6-2/h7-14H,5-6H2,1-4H3. The number of carbonyl (C=O) groups is 2. The molecular formula is C22H24O2S2. The van der Waals surface area contributed by atoms with Gasteiger partial charge in [0, 0.05) is 42.5 Å². The highest BCUT2D eigenvalue weighted by Crippen LogP contribution is 2.49. The predicted octanol–water partition coefficient (Wildman–Crippen LogP) is 6.76. The van der Waals surface area contributed by atoms with Gasteiger partial charge in [0.15, 0.2) is 11.6 Å². The van der Waals surface area contributed by atoms with Crippen molar-refractivity contribution in [1.29, 1.82) is 0 Å². The Kier molecular flexibility index (Phi) is 5.93. The molecular weight excluding hydrogens is 360 g/mol. The maximum atomic E-state index is 12.5. The van der Waals surface area contributed by atoms with Gasteiger partial charge in [0.25, 0.3) is 0 Å². The SMILES string of the molecule is CCC(C)C(=O)c1ccc2c(c1)Sc1ccc(C(=O)C(C)CC)cc1S2. The van der Waals surface area contributed by atoms with Gasteiger partial charge in [-0.15, -0.1) is 0 Å². The average Bonchev–Trinajstić information content (AvgIpc) is 2.68. The van der Waals surface area contributed by atoms with E-state index in [1.807, 2.05) is 64.1 Å². The van der Waals surface area contributed by atoms with Crippen molar-refractivity contribution in [1.82, 2.24) is 0 Å². The molecule has 2 unspecified atom stereocenters. The Hall–Kier alpha value is -1.52. The molecule has 0 aromatic heterocycles. The van der Waals surface area contributed by atoms with Crippen LogP contribution in [-0.2, 0) is 0 Å². The van der Waals surface area contributed by atoms with Crippen LogP contribution in [0.5, 0.6) is 0 Å². The minimum absolute atomic E-state index is 0.0516. The van der Waals surface area contributed by atoms with Crippen LogP contribution in [0.2, 0.25) is 0 Å². The first-order chi connectivity index (χ1) is 12.4. The van der Waals surface area contributed by atoms with Crippen molar-refractivity contribution >= 4 is 35.1 Å². The van der Waals surface area contributed by atoms with Crippen LogP contribution in [0.3, 0.4) is 0 Å². The quantitative estimate of drug-likeness (QED) is 0.440. The van der Waals surface area contributed by atoms with Gasteiger partial charge in [0.2, 0.25) is 0 Å². The highest BCUT2D eigenvalue weighted by Gasteiger charge is 2.22. The maximum Gasteiger partial charge on any atom is 0.165 e. The molecule has 26 heavy (non-hydrogen) atoms. The highest BCUT2D eigenvalue weighted by atomic mass is 32.2. The zero-order chi connectivity index (χ0) is 18.8. The summed E-state index contributed by atoms with van der Waals surface area (Å²) in [6.07, 6.45) is 1.71. The van der Waals surface area contributed by atoms with Crippen molar-refractivity contribution < 1.29 is 9.59 Å². The molecule has 0 bridgehead atoms. The zero-order valence-electron chi connectivity index (χ0n) is 15.7. The number of benzene rings is 2. The number of fused-ring (bicyclic) bond motifs is 2. The minimum Gasteiger partial charge on any atom is -0.294 e. The molecule has 2 aromatic carbocycles. The van der Waals surface area contributed by atoms with Crippen molar-refractivity contribution in [3.63, 3.8) is 0 Å². The molecule has 0 aliphatic carbocycles. The molecule has 2 nitrogen and oxygen atoms in total. The van der Waals surface area contributed by atoms with E-state index in [4.69, 9.17) is 0 Å². The fourth-order valence-corrected chi connectivity index (χ4v) is 5.10. The molecule has 3 rings (SSSR count). The number of carbonyl (C=O) groups excluding carboxylic acids is 2. The molecule has 0 saturated carbocycles. The van der Waals surface area contributed by atoms with E-state index < -0.39 is 0 Å². The van der Waals surface area contributed by atoms with Crippen LogP contribution in [0.25, 0.3) is 0 Å². The third-order valence-electron chi connectivity index (χ3n) is 5.02. The van der Waals surface area contributed by atoms with E-state index in [2.05, 4.69) is 0 Å². The van der Waals surface area contributed by atoms with Crippen molar-refractivity contribution in [2.75, 3.05) is 0 Å². The average molecular weight is 385 g/mol. The second-order valence-corrected chi connectivity index (χ2v) is 9.04. The number of ketones is 2. The van der Waals surface area contributed by atoms with Gasteiger partial charge in [-0.3, -0.25) is 9.59 Å². The molecule has 0 radical (unpaired) electrons. The van der Waals surface area contributed by atoms with Crippen LogP contribution in [-0.4, -0.2) is 11.6 Å². The lowest BCUT2D eigenvalue weighted by Crippen LogP contribution is -2.11. The molecule has 0 N–H and O–H groups in total. The van der Waals surface area contributed by atoms with Crippen molar-refractivity contribution in [3.8, 4) is 0 Å². The van der Waals surface area contributed by atoms with E-state index >= 15 is 0 Å². The van der Waals surface area contributed by atoms with Crippen LogP contribution in [0.15, 0.2) is 56.0 Å². The van der Waals surface area contributed by atoms with Crippen LogP contribution in [0.4, 0.5) is 0 Å². The topological polar surface area (TPSA) is 34.1 Å². The molecule has 0 fully saturated rings. The summed E-state index contributed by atoms with van der Waals surface area (Å²) < 4.78 is 0. The van der Waals surface area contributed by atoms with Gasteiger partial charge in [-0.25, -0.2) is 0 Å². The lowest BCUT2D eigenvalue weighted by Gasteiger charge is -2.20. The Bertz CT molecular complexity index is 786. The summed E-state index contributed by atoms with van der Waals surface area (Å²) >= 11 is 3.37. The van der Waals surface area contributed by atoms with Gasteiger partial charge in [0.1, 0.15) is 0 Å². The van der Waals surface area contributed by atoms with Crippen molar-refractivity contribution in [2.45, 2.75) is 60.1 Å². The summed E-state index contributed by atoms with van der Waals surface area (Å²) in [4.78, 5) is 29.5. The largest absolute Gasteiger partial charge is 0.294 e. The molecule has 0 amide bonds. The summed E-state index contributed by atoms with van der Waals surface area (Å²) in [5.41, 5.74) is 1.58. The van der Waals surface area contributed by atoms with Gasteiger partial charge in [-0.1, -0.05) is 63.4 Å². The van der Waals surface area contributed by atoms with Crippen LogP contribution in [0, 0.1) is 11.8 Å². The lowest BCUT2D eigenvalue weighted by atomic mass is 9.97. The first-order valence-corrected chi connectivity index (χ1v) is 10.8. The van der Waals surface area contributed by atoms with E-state index in [0.717, 1.165) is 43.6 Å². The number of hydrogen-bond donors (Lipinski definition) is 0. The van der Waals surface area contributed by atoms with E-state index in [1.165, 1.54) is 0 Å². The highest BCUT2D eigenvalue weighted by molar-refractivity contribution is 8.05. The van der Waals surface area contributed by atoms with Crippen LogP contribution < -0.4 is 0 Å². The number of rotatable bonds is 6. The third-order valence-corrected chi connectivity index (χ3v) is 7.54. The summed E-state index contributed by atoms with van der Waals surface area (Å²) in [6, 6.07) is 12.0. The van der Waals surface area contributed by atoms with E-state index in [-0.39, 0.29) is 23.4 Å². The second kappa shape index (κ2) is 8.01. The van der Waals surface area contributed by atoms with E-state index in [0.29, 0.717) is 0 Å². The molecule has 1 aliphatic heterocycles. The maximum absolute atomic E-state index is 12.5. The van der Waals surface area contributed by atoms with Crippen molar-refractivity contribution in [3.05, 3.63) is 47.5 Å². The Morgan fingerprint density at radius 2 is 1.12 bits per heavy atom. The van der Waals surface area contributed by atoms with Gasteiger partial charge < -0.3 is 0 Å². The fourth-order valence-electron chi connectivity index (χ4n) is 2.83. The number of hydrogen-bond acceptors (Lipinski definition) is 4. The Morgan fingerprint density at radius 3 is 1.46 bits per heavy atom. The summed E-state index contributed by atoms with van der Waals surface area (Å²) in [5, 5.41) is 0. The van der Waals surface area contributed by atoms with E-state index in [1.54, 1.807) is 23.5 Å². The Morgan fingerprint density at radius 1 is 0.731 bits per heavy atom. The minimum atomic E-state index is 0.0516. The predicted molar refractivity (Wildman–Crippen MR) is 109 cm³/mol. The van der Waals surface area contributed by atoms with Gasteiger partial charge in [-0.2, -0.15) is 0 Å². The summed E-state index contributed by atoms with van der Waals surface area (Å²) in [6.45, 7) is 8.05. The van der Waals surface area contributed by atoms with E-state index in [9.17, 15) is 9.59 Å². The molecule has 2 atom stereocenters. The normalized spacial score (nSPS) is 14.9. The molecule has 1 heterocycles. The monoisotopic (exact) mass is 384 g/mol. The zero-order valence-corrected chi connectivity index (χ0v) is 17.3. The molecule has 2 aromatic rings. The Labute approximate surface area is 164 Å². The summed E-state index contributed by atoms with van der Waals surface area (Å²) in [7, 11) is 0. The van der Waals surface area contributed by atoms with Crippen molar-refractivity contribution in [2.24, 2.45) is 11.8 Å².